The fourth-order valence-corrected chi connectivity index (χ4v) is 1.40. The molecule has 0 aromatic carbocycles. The molecule has 0 aliphatic heterocycles. The van der Waals surface area contributed by atoms with Gasteiger partial charge in [0.2, 0.25) is 5.91 Å². The van der Waals surface area contributed by atoms with Crippen molar-refractivity contribution in [1.29, 1.82) is 0 Å². The van der Waals surface area contributed by atoms with Gasteiger partial charge in [0.15, 0.2) is 0 Å². The van der Waals surface area contributed by atoms with E-state index in [0.29, 0.717) is 25.4 Å². The molecule has 1 amide bonds. The molecule has 2 N–H and O–H groups in total. The first-order valence-electron chi connectivity index (χ1n) is 5.64. The van der Waals surface area contributed by atoms with Gasteiger partial charge in [-0.3, -0.25) is 9.48 Å². The van der Waals surface area contributed by atoms with Crippen LogP contribution >= 0.6 is 0 Å². The smallest absolute Gasteiger partial charge is 0.228 e. The summed E-state index contributed by atoms with van der Waals surface area (Å²) < 4.78 is 6.69. The summed E-state index contributed by atoms with van der Waals surface area (Å²) >= 11 is 0. The lowest BCUT2D eigenvalue weighted by Gasteiger charge is -2.09. The highest BCUT2D eigenvalue weighted by molar-refractivity contribution is 5.92. The normalized spacial score (nSPS) is 12.4. The standard InChI is InChI=1S/C11H20N4O2/c1-9(6-12-2)11(16)14-10-7-13-15(8-10)4-5-17-3/h7-9,12H,4-6H2,1-3H3,(H,14,16). The second kappa shape index (κ2) is 7.03. The SMILES string of the molecule is CNCC(C)C(=O)Nc1cnn(CCOC)c1. The van der Waals surface area contributed by atoms with Crippen LogP contribution in [0, 0.1) is 5.92 Å². The average Bonchev–Trinajstić information content (AvgIpc) is 2.74. The number of hydrogen-bond acceptors (Lipinski definition) is 4. The molecule has 0 saturated heterocycles. The summed E-state index contributed by atoms with van der Waals surface area (Å²) in [6.07, 6.45) is 3.43. The number of carbonyl (C=O) groups excluding carboxylic acids is 1. The predicted molar refractivity (Wildman–Crippen MR) is 65.8 cm³/mol. The molecule has 6 heteroatoms. The highest BCUT2D eigenvalue weighted by Crippen LogP contribution is 2.07. The fourth-order valence-electron chi connectivity index (χ4n) is 1.40. The Balaban J connectivity index is 2.45. The van der Waals surface area contributed by atoms with Gasteiger partial charge in [0, 0.05) is 25.8 Å². The highest BCUT2D eigenvalue weighted by atomic mass is 16.5. The predicted octanol–water partition coefficient (Wildman–Crippen LogP) is 0.324. The molecule has 0 fully saturated rings. The Kier molecular flexibility index (Phi) is 5.65. The van der Waals surface area contributed by atoms with Crippen molar-refractivity contribution in [2.75, 3.05) is 32.6 Å². The van der Waals surface area contributed by atoms with Crippen molar-refractivity contribution in [2.24, 2.45) is 5.92 Å². The average molecular weight is 240 g/mol. The van der Waals surface area contributed by atoms with Crippen LogP contribution in [0.5, 0.6) is 0 Å². The first kappa shape index (κ1) is 13.7. The second-order valence-corrected chi connectivity index (χ2v) is 3.93. The minimum absolute atomic E-state index is 0.00867. The third kappa shape index (κ3) is 4.54. The number of nitrogens with zero attached hydrogens (tertiary/aromatic N) is 2. The van der Waals surface area contributed by atoms with Crippen molar-refractivity contribution in [1.82, 2.24) is 15.1 Å². The molecule has 0 saturated carbocycles. The molecular weight excluding hydrogens is 220 g/mol. The molecule has 1 atom stereocenters. The van der Waals surface area contributed by atoms with Crippen LogP contribution in [0.25, 0.3) is 0 Å². The van der Waals surface area contributed by atoms with Crippen molar-refractivity contribution in [2.45, 2.75) is 13.5 Å². The summed E-state index contributed by atoms with van der Waals surface area (Å²) in [4.78, 5) is 11.7. The summed E-state index contributed by atoms with van der Waals surface area (Å²) in [5, 5.41) is 9.91. The molecule has 0 aliphatic carbocycles. The minimum atomic E-state index is -0.0673. The van der Waals surface area contributed by atoms with E-state index in [1.54, 1.807) is 24.2 Å². The Morgan fingerprint density at radius 2 is 2.41 bits per heavy atom. The van der Waals surface area contributed by atoms with E-state index in [0.717, 1.165) is 0 Å². The largest absolute Gasteiger partial charge is 0.383 e. The molecule has 1 heterocycles. The van der Waals surface area contributed by atoms with Crippen molar-refractivity contribution in [3.8, 4) is 0 Å². The first-order valence-corrected chi connectivity index (χ1v) is 5.64. The van der Waals surface area contributed by atoms with E-state index in [2.05, 4.69) is 15.7 Å². The quantitative estimate of drug-likeness (QED) is 0.720. The van der Waals surface area contributed by atoms with E-state index in [4.69, 9.17) is 4.74 Å². The van der Waals surface area contributed by atoms with E-state index in [9.17, 15) is 4.79 Å². The van der Waals surface area contributed by atoms with Crippen LogP contribution in [0.2, 0.25) is 0 Å². The number of anilines is 1. The molecule has 1 aromatic rings. The summed E-state index contributed by atoms with van der Waals surface area (Å²) in [6, 6.07) is 0. The Bertz CT molecular complexity index is 351. The third-order valence-corrected chi connectivity index (χ3v) is 2.38. The minimum Gasteiger partial charge on any atom is -0.383 e. The fraction of sp³-hybridized carbons (Fsp3) is 0.636. The van der Waals surface area contributed by atoms with E-state index < -0.39 is 0 Å². The summed E-state index contributed by atoms with van der Waals surface area (Å²) in [5.41, 5.74) is 0.717. The van der Waals surface area contributed by atoms with Crippen LogP contribution in [0.4, 0.5) is 5.69 Å². The van der Waals surface area contributed by atoms with Crippen molar-refractivity contribution in [3.05, 3.63) is 12.4 Å². The molecular formula is C11H20N4O2. The molecule has 1 rings (SSSR count). The number of methoxy groups -OCH3 is 1. The van der Waals surface area contributed by atoms with Crippen LogP contribution in [-0.2, 0) is 16.1 Å². The number of nitrogens with one attached hydrogen (secondary N) is 2. The van der Waals surface area contributed by atoms with E-state index in [-0.39, 0.29) is 11.8 Å². The number of ether oxygens (including phenoxy) is 1. The van der Waals surface area contributed by atoms with Crippen molar-refractivity contribution >= 4 is 11.6 Å². The zero-order valence-electron chi connectivity index (χ0n) is 10.6. The van der Waals surface area contributed by atoms with Gasteiger partial charge in [0.05, 0.1) is 25.0 Å². The molecule has 0 bridgehead atoms. The van der Waals surface area contributed by atoms with Crippen LogP contribution < -0.4 is 10.6 Å². The number of aromatic nitrogens is 2. The number of amides is 1. The van der Waals surface area contributed by atoms with E-state index >= 15 is 0 Å². The lowest BCUT2D eigenvalue weighted by molar-refractivity contribution is -0.119. The maximum absolute atomic E-state index is 11.7. The van der Waals surface area contributed by atoms with Gasteiger partial charge in [0.1, 0.15) is 0 Å². The molecule has 1 unspecified atom stereocenters. The number of rotatable bonds is 7. The second-order valence-electron chi connectivity index (χ2n) is 3.93. The van der Waals surface area contributed by atoms with Gasteiger partial charge in [-0.25, -0.2) is 0 Å². The Morgan fingerprint density at radius 3 is 3.06 bits per heavy atom. The van der Waals surface area contributed by atoms with Crippen molar-refractivity contribution < 1.29 is 9.53 Å². The molecule has 0 aliphatic rings. The molecule has 0 spiro atoms. The highest BCUT2D eigenvalue weighted by Gasteiger charge is 2.12. The monoisotopic (exact) mass is 240 g/mol. The van der Waals surface area contributed by atoms with Gasteiger partial charge in [-0.1, -0.05) is 6.92 Å². The van der Waals surface area contributed by atoms with Crippen LogP contribution in [-0.4, -0.2) is 43.0 Å². The van der Waals surface area contributed by atoms with E-state index in [1.807, 2.05) is 14.0 Å². The summed E-state index contributed by atoms with van der Waals surface area (Å²) in [7, 11) is 3.47. The van der Waals surface area contributed by atoms with Gasteiger partial charge < -0.3 is 15.4 Å². The maximum Gasteiger partial charge on any atom is 0.228 e. The van der Waals surface area contributed by atoms with Gasteiger partial charge in [-0.2, -0.15) is 5.10 Å². The zero-order chi connectivity index (χ0) is 12.7. The molecule has 0 radical (unpaired) electrons. The zero-order valence-corrected chi connectivity index (χ0v) is 10.6. The molecule has 96 valence electrons. The maximum atomic E-state index is 11.7. The van der Waals surface area contributed by atoms with Gasteiger partial charge in [-0.05, 0) is 7.05 Å². The molecule has 17 heavy (non-hydrogen) atoms. The third-order valence-electron chi connectivity index (χ3n) is 2.38. The Hall–Kier alpha value is -1.40. The van der Waals surface area contributed by atoms with Crippen LogP contribution in [0.1, 0.15) is 6.92 Å². The number of carbonyl (C=O) groups is 1. The first-order chi connectivity index (χ1) is 8.17. The van der Waals surface area contributed by atoms with Crippen LogP contribution in [0.3, 0.4) is 0 Å². The lowest BCUT2D eigenvalue weighted by atomic mass is 10.1. The van der Waals surface area contributed by atoms with Gasteiger partial charge >= 0.3 is 0 Å². The van der Waals surface area contributed by atoms with E-state index in [1.165, 1.54) is 0 Å². The molecule has 6 nitrogen and oxygen atoms in total. The topological polar surface area (TPSA) is 68.2 Å². The number of hydrogen-bond donors (Lipinski definition) is 2. The summed E-state index contributed by atoms with van der Waals surface area (Å²) in [5.74, 6) is -0.0760. The molecule has 1 aromatic heterocycles. The van der Waals surface area contributed by atoms with Gasteiger partial charge in [-0.15, -0.1) is 0 Å². The summed E-state index contributed by atoms with van der Waals surface area (Å²) in [6.45, 7) is 3.81. The lowest BCUT2D eigenvalue weighted by Crippen LogP contribution is -2.28. The van der Waals surface area contributed by atoms with Crippen LogP contribution in [0.15, 0.2) is 12.4 Å². The Morgan fingerprint density at radius 1 is 1.65 bits per heavy atom. The van der Waals surface area contributed by atoms with Crippen molar-refractivity contribution in [3.63, 3.8) is 0 Å². The van der Waals surface area contributed by atoms with Gasteiger partial charge in [0.25, 0.3) is 0 Å². The Labute approximate surface area is 101 Å².